The van der Waals surface area contributed by atoms with Crippen LogP contribution in [0.2, 0.25) is 10.0 Å². The Kier molecular flexibility index (Phi) is 7.72. The Morgan fingerprint density at radius 2 is 2.04 bits per heavy atom. The molecule has 0 bridgehead atoms. The molecular weight excluding hydrogens is 379 g/mol. The second kappa shape index (κ2) is 9.78. The molecule has 0 aromatic heterocycles. The lowest BCUT2D eigenvalue weighted by atomic mass is 10.1. The molecule has 26 heavy (non-hydrogen) atoms. The number of halogens is 2. The molecule has 1 N–H and O–H groups in total. The van der Waals surface area contributed by atoms with Crippen molar-refractivity contribution in [3.8, 4) is 0 Å². The molecule has 1 aromatic carbocycles. The van der Waals surface area contributed by atoms with Gasteiger partial charge in [0.1, 0.15) is 6.04 Å². The van der Waals surface area contributed by atoms with Gasteiger partial charge in [0.15, 0.2) is 0 Å². The number of ether oxygens (including phenoxy) is 1. The van der Waals surface area contributed by atoms with Crippen molar-refractivity contribution in [3.05, 3.63) is 33.8 Å². The van der Waals surface area contributed by atoms with E-state index in [4.69, 9.17) is 27.9 Å². The van der Waals surface area contributed by atoms with Crippen LogP contribution in [-0.2, 0) is 14.3 Å². The van der Waals surface area contributed by atoms with E-state index in [2.05, 4.69) is 5.32 Å². The highest BCUT2D eigenvalue weighted by Crippen LogP contribution is 2.25. The number of rotatable bonds is 7. The minimum absolute atomic E-state index is 0.209. The number of amides is 2. The molecule has 142 valence electrons. The van der Waals surface area contributed by atoms with E-state index in [0.717, 1.165) is 6.42 Å². The summed E-state index contributed by atoms with van der Waals surface area (Å²) >= 11 is 11.9. The van der Waals surface area contributed by atoms with Gasteiger partial charge in [0.25, 0.3) is 5.91 Å². The van der Waals surface area contributed by atoms with E-state index in [1.807, 2.05) is 0 Å². The summed E-state index contributed by atoms with van der Waals surface area (Å²) in [6.45, 7) is 2.97. The zero-order chi connectivity index (χ0) is 19.1. The van der Waals surface area contributed by atoms with Crippen molar-refractivity contribution in [2.75, 3.05) is 19.7 Å². The molecule has 0 radical (unpaired) electrons. The van der Waals surface area contributed by atoms with Crippen molar-refractivity contribution in [2.45, 2.75) is 38.6 Å². The Balaban J connectivity index is 1.90. The largest absolute Gasteiger partial charge is 0.466 e. The Hall–Kier alpha value is -1.79. The molecule has 1 fully saturated rings. The van der Waals surface area contributed by atoms with E-state index < -0.39 is 6.04 Å². The predicted octanol–water partition coefficient (Wildman–Crippen LogP) is 3.06. The van der Waals surface area contributed by atoms with Crippen LogP contribution < -0.4 is 5.32 Å². The first-order valence-corrected chi connectivity index (χ1v) is 9.39. The third-order valence-corrected chi connectivity index (χ3v) is 4.88. The summed E-state index contributed by atoms with van der Waals surface area (Å²) in [7, 11) is 0. The summed E-state index contributed by atoms with van der Waals surface area (Å²) in [6.07, 6.45) is 2.12. The van der Waals surface area contributed by atoms with Gasteiger partial charge in [0, 0.05) is 25.1 Å². The maximum Gasteiger partial charge on any atom is 0.305 e. The fourth-order valence-corrected chi connectivity index (χ4v) is 3.17. The van der Waals surface area contributed by atoms with Crippen molar-refractivity contribution in [2.24, 2.45) is 0 Å². The van der Waals surface area contributed by atoms with E-state index in [1.54, 1.807) is 24.0 Å². The first-order valence-electron chi connectivity index (χ1n) is 8.63. The van der Waals surface area contributed by atoms with Gasteiger partial charge >= 0.3 is 5.97 Å². The normalized spacial score (nSPS) is 16.4. The molecule has 1 unspecified atom stereocenters. The van der Waals surface area contributed by atoms with Crippen LogP contribution in [-0.4, -0.2) is 48.4 Å². The molecular formula is C18H22Cl2N2O4. The van der Waals surface area contributed by atoms with Crippen molar-refractivity contribution >= 4 is 41.0 Å². The van der Waals surface area contributed by atoms with Crippen LogP contribution >= 0.6 is 23.2 Å². The van der Waals surface area contributed by atoms with Gasteiger partial charge in [0.05, 0.1) is 16.7 Å². The van der Waals surface area contributed by atoms with Crippen LogP contribution in [0.4, 0.5) is 0 Å². The highest BCUT2D eigenvalue weighted by molar-refractivity contribution is 6.42. The van der Waals surface area contributed by atoms with Crippen LogP contribution in [0.1, 0.15) is 43.0 Å². The zero-order valence-electron chi connectivity index (χ0n) is 14.6. The quantitative estimate of drug-likeness (QED) is 0.563. The van der Waals surface area contributed by atoms with Gasteiger partial charge in [-0.25, -0.2) is 0 Å². The summed E-state index contributed by atoms with van der Waals surface area (Å²) in [5, 5.41) is 3.47. The van der Waals surface area contributed by atoms with Crippen LogP contribution in [0.5, 0.6) is 0 Å². The van der Waals surface area contributed by atoms with Gasteiger partial charge in [-0.2, -0.15) is 0 Å². The number of nitrogens with one attached hydrogen (secondary N) is 1. The topological polar surface area (TPSA) is 75.7 Å². The van der Waals surface area contributed by atoms with E-state index in [0.29, 0.717) is 48.1 Å². The summed E-state index contributed by atoms with van der Waals surface area (Å²) in [5.41, 5.74) is 0.404. The molecule has 0 saturated carbocycles. The zero-order valence-corrected chi connectivity index (χ0v) is 16.1. The Bertz CT molecular complexity index is 681. The van der Waals surface area contributed by atoms with E-state index in [1.165, 1.54) is 6.07 Å². The van der Waals surface area contributed by atoms with E-state index in [-0.39, 0.29) is 24.2 Å². The Morgan fingerprint density at radius 3 is 2.73 bits per heavy atom. The second-order valence-electron chi connectivity index (χ2n) is 5.99. The summed E-state index contributed by atoms with van der Waals surface area (Å²) in [4.78, 5) is 38.0. The van der Waals surface area contributed by atoms with E-state index in [9.17, 15) is 14.4 Å². The maximum atomic E-state index is 12.7. The standard InChI is InChI=1S/C18H22Cl2N2O4/c1-2-26-16(23)6-3-9-21-17(24)15-5-4-10-22(15)18(25)12-7-8-13(19)14(20)11-12/h7-8,11,15H,2-6,9-10H2,1H3,(H,21,24). The number of nitrogens with zero attached hydrogens (tertiary/aromatic N) is 1. The monoisotopic (exact) mass is 400 g/mol. The molecule has 1 aliphatic heterocycles. The molecule has 0 spiro atoms. The second-order valence-corrected chi connectivity index (χ2v) is 6.80. The van der Waals surface area contributed by atoms with Gasteiger partial charge in [0.2, 0.25) is 5.91 Å². The fraction of sp³-hybridized carbons (Fsp3) is 0.500. The lowest BCUT2D eigenvalue weighted by molar-refractivity contribution is -0.143. The Morgan fingerprint density at radius 1 is 1.27 bits per heavy atom. The highest BCUT2D eigenvalue weighted by Gasteiger charge is 2.34. The summed E-state index contributed by atoms with van der Waals surface area (Å²) in [5.74, 6) is -0.730. The van der Waals surface area contributed by atoms with Crippen LogP contribution in [0.25, 0.3) is 0 Å². The molecule has 1 aromatic rings. The van der Waals surface area contributed by atoms with Crippen molar-refractivity contribution < 1.29 is 19.1 Å². The molecule has 2 rings (SSSR count). The number of hydrogen-bond donors (Lipinski definition) is 1. The van der Waals surface area contributed by atoms with Gasteiger partial charge in [-0.05, 0) is 44.4 Å². The third kappa shape index (κ3) is 5.35. The number of esters is 1. The number of carbonyl (C=O) groups excluding carboxylic acids is 3. The average Bonchev–Trinajstić information content (AvgIpc) is 3.10. The summed E-state index contributed by atoms with van der Waals surface area (Å²) < 4.78 is 4.84. The maximum absolute atomic E-state index is 12.7. The smallest absolute Gasteiger partial charge is 0.305 e. The van der Waals surface area contributed by atoms with Crippen LogP contribution in [0, 0.1) is 0 Å². The molecule has 2 amide bonds. The van der Waals surface area contributed by atoms with Crippen molar-refractivity contribution in [1.29, 1.82) is 0 Å². The summed E-state index contributed by atoms with van der Waals surface area (Å²) in [6, 6.07) is 4.17. The minimum atomic E-state index is -0.514. The van der Waals surface area contributed by atoms with E-state index >= 15 is 0 Å². The SMILES string of the molecule is CCOC(=O)CCCNC(=O)C1CCCN1C(=O)c1ccc(Cl)c(Cl)c1. The molecule has 1 heterocycles. The molecule has 1 saturated heterocycles. The van der Waals surface area contributed by atoms with Crippen molar-refractivity contribution in [3.63, 3.8) is 0 Å². The van der Waals surface area contributed by atoms with Gasteiger partial charge in [-0.1, -0.05) is 23.2 Å². The van der Waals surface area contributed by atoms with Crippen LogP contribution in [0.3, 0.4) is 0 Å². The number of likely N-dealkylation sites (tertiary alicyclic amines) is 1. The van der Waals surface area contributed by atoms with Crippen molar-refractivity contribution in [1.82, 2.24) is 10.2 Å². The highest BCUT2D eigenvalue weighted by atomic mass is 35.5. The molecule has 6 nitrogen and oxygen atoms in total. The molecule has 8 heteroatoms. The van der Waals surface area contributed by atoms with Gasteiger partial charge < -0.3 is 15.0 Å². The lowest BCUT2D eigenvalue weighted by Crippen LogP contribution is -2.46. The van der Waals surface area contributed by atoms with Crippen LogP contribution in [0.15, 0.2) is 18.2 Å². The first kappa shape index (κ1) is 20.5. The van der Waals surface area contributed by atoms with Gasteiger partial charge in [-0.15, -0.1) is 0 Å². The van der Waals surface area contributed by atoms with Gasteiger partial charge in [-0.3, -0.25) is 14.4 Å². The average molecular weight is 401 g/mol. The fourth-order valence-electron chi connectivity index (χ4n) is 2.87. The molecule has 1 atom stereocenters. The third-order valence-electron chi connectivity index (χ3n) is 4.15. The number of hydrogen-bond acceptors (Lipinski definition) is 4. The predicted molar refractivity (Wildman–Crippen MR) is 99.4 cm³/mol. The molecule has 1 aliphatic rings. The minimum Gasteiger partial charge on any atom is -0.466 e. The lowest BCUT2D eigenvalue weighted by Gasteiger charge is -2.24. The number of carbonyl (C=O) groups is 3. The first-order chi connectivity index (χ1) is 12.4. The Labute approximate surface area is 162 Å². The molecule has 0 aliphatic carbocycles. The number of benzene rings is 1.